The number of halogens is 1. The van der Waals surface area contributed by atoms with Crippen LogP contribution in [0, 0.1) is 6.92 Å². The van der Waals surface area contributed by atoms with E-state index in [0.29, 0.717) is 17.1 Å². The Hall–Kier alpha value is -1.74. The fourth-order valence-electron chi connectivity index (χ4n) is 1.60. The van der Waals surface area contributed by atoms with E-state index in [-0.39, 0.29) is 5.91 Å². The van der Waals surface area contributed by atoms with Gasteiger partial charge in [-0.3, -0.25) is 4.79 Å². The average molecular weight is 249 g/mol. The Bertz CT molecular complexity index is 520. The quantitative estimate of drug-likeness (QED) is 0.862. The van der Waals surface area contributed by atoms with Crippen LogP contribution in [0.15, 0.2) is 36.5 Å². The molecule has 0 saturated heterocycles. The molecule has 2 N–H and O–H groups in total. The lowest BCUT2D eigenvalue weighted by atomic mass is 10.1. The number of nitrogens with one attached hydrogen (secondary N) is 2. The summed E-state index contributed by atoms with van der Waals surface area (Å²) in [5.41, 5.74) is 2.39. The third-order valence-electron chi connectivity index (χ3n) is 2.61. The normalized spacial score (nSPS) is 10.2. The number of amides is 1. The Balaban J connectivity index is 2.07. The first-order chi connectivity index (χ1) is 8.18. The highest BCUT2D eigenvalue weighted by Gasteiger charge is 2.10. The van der Waals surface area contributed by atoms with Gasteiger partial charge >= 0.3 is 0 Å². The number of hydrogen-bond donors (Lipinski definition) is 2. The van der Waals surface area contributed by atoms with Crippen LogP contribution < -0.4 is 5.32 Å². The fourth-order valence-corrected chi connectivity index (χ4v) is 1.78. The number of H-pyrrole nitrogens is 1. The number of carbonyl (C=O) groups excluding carboxylic acids is 1. The SMILES string of the molecule is Cc1c(Cl)cccc1C(=O)NCc1ccc[nH]1. The first kappa shape index (κ1) is 11.7. The molecule has 3 nitrogen and oxygen atoms in total. The number of hydrogen-bond acceptors (Lipinski definition) is 1. The molecule has 17 heavy (non-hydrogen) atoms. The molecule has 0 saturated carbocycles. The molecule has 1 aromatic carbocycles. The van der Waals surface area contributed by atoms with Gasteiger partial charge in [0.05, 0.1) is 6.54 Å². The van der Waals surface area contributed by atoms with E-state index in [1.807, 2.05) is 25.3 Å². The Morgan fingerprint density at radius 1 is 1.35 bits per heavy atom. The topological polar surface area (TPSA) is 44.9 Å². The standard InChI is InChI=1S/C13H13ClN2O/c1-9-11(5-2-6-12(9)14)13(17)16-8-10-4-3-7-15-10/h2-7,15H,8H2,1H3,(H,16,17). The lowest BCUT2D eigenvalue weighted by molar-refractivity contribution is 0.0950. The Morgan fingerprint density at radius 3 is 2.88 bits per heavy atom. The Labute approximate surface area is 105 Å². The van der Waals surface area contributed by atoms with Crippen molar-refractivity contribution in [2.75, 3.05) is 0 Å². The van der Waals surface area contributed by atoms with E-state index in [4.69, 9.17) is 11.6 Å². The van der Waals surface area contributed by atoms with Crippen LogP contribution in [0.5, 0.6) is 0 Å². The van der Waals surface area contributed by atoms with Crippen LogP contribution in [0.2, 0.25) is 5.02 Å². The van der Waals surface area contributed by atoms with Crippen LogP contribution in [0.25, 0.3) is 0 Å². The van der Waals surface area contributed by atoms with Gasteiger partial charge in [0.15, 0.2) is 0 Å². The van der Waals surface area contributed by atoms with Crippen molar-refractivity contribution in [3.05, 3.63) is 58.4 Å². The first-order valence-corrected chi connectivity index (χ1v) is 5.72. The highest BCUT2D eigenvalue weighted by molar-refractivity contribution is 6.31. The highest BCUT2D eigenvalue weighted by atomic mass is 35.5. The molecule has 1 heterocycles. The second kappa shape index (κ2) is 5.06. The second-order valence-electron chi connectivity index (χ2n) is 3.79. The summed E-state index contributed by atoms with van der Waals surface area (Å²) < 4.78 is 0. The average Bonchev–Trinajstić information content (AvgIpc) is 2.82. The fraction of sp³-hybridized carbons (Fsp3) is 0.154. The van der Waals surface area contributed by atoms with E-state index in [0.717, 1.165) is 11.3 Å². The summed E-state index contributed by atoms with van der Waals surface area (Å²) in [6, 6.07) is 9.14. The maximum absolute atomic E-state index is 11.9. The van der Waals surface area contributed by atoms with Crippen molar-refractivity contribution in [3.8, 4) is 0 Å². The van der Waals surface area contributed by atoms with E-state index in [1.165, 1.54) is 0 Å². The van der Waals surface area contributed by atoms with Gasteiger partial charge in [-0.25, -0.2) is 0 Å². The summed E-state index contributed by atoms with van der Waals surface area (Å²) in [6.07, 6.45) is 1.83. The van der Waals surface area contributed by atoms with Gasteiger partial charge in [-0.05, 0) is 36.8 Å². The third-order valence-corrected chi connectivity index (χ3v) is 3.02. The van der Waals surface area contributed by atoms with E-state index >= 15 is 0 Å². The van der Waals surface area contributed by atoms with Gasteiger partial charge in [-0.15, -0.1) is 0 Å². The van der Waals surface area contributed by atoms with Crippen LogP contribution in [0.4, 0.5) is 0 Å². The van der Waals surface area contributed by atoms with Crippen molar-refractivity contribution in [1.29, 1.82) is 0 Å². The molecular weight excluding hydrogens is 236 g/mol. The number of aromatic amines is 1. The molecule has 0 unspecified atom stereocenters. The van der Waals surface area contributed by atoms with Crippen molar-refractivity contribution in [1.82, 2.24) is 10.3 Å². The van der Waals surface area contributed by atoms with Crippen molar-refractivity contribution in [3.63, 3.8) is 0 Å². The van der Waals surface area contributed by atoms with E-state index in [2.05, 4.69) is 10.3 Å². The minimum Gasteiger partial charge on any atom is -0.364 e. The van der Waals surface area contributed by atoms with Crippen molar-refractivity contribution >= 4 is 17.5 Å². The molecule has 0 atom stereocenters. The Morgan fingerprint density at radius 2 is 2.18 bits per heavy atom. The van der Waals surface area contributed by atoms with E-state index in [9.17, 15) is 4.79 Å². The van der Waals surface area contributed by atoms with Gasteiger partial charge in [0.25, 0.3) is 5.91 Å². The van der Waals surface area contributed by atoms with Crippen LogP contribution in [0.3, 0.4) is 0 Å². The zero-order valence-electron chi connectivity index (χ0n) is 9.46. The van der Waals surface area contributed by atoms with Crippen LogP contribution >= 0.6 is 11.6 Å². The summed E-state index contributed by atoms with van der Waals surface area (Å²) in [6.45, 7) is 2.32. The number of rotatable bonds is 3. The largest absolute Gasteiger partial charge is 0.364 e. The molecule has 0 aliphatic carbocycles. The molecule has 88 valence electrons. The molecule has 1 amide bonds. The lowest BCUT2D eigenvalue weighted by Crippen LogP contribution is -2.23. The number of benzene rings is 1. The molecule has 0 fully saturated rings. The van der Waals surface area contributed by atoms with E-state index in [1.54, 1.807) is 18.2 Å². The lowest BCUT2D eigenvalue weighted by Gasteiger charge is -2.07. The monoisotopic (exact) mass is 248 g/mol. The molecule has 0 spiro atoms. The molecule has 4 heteroatoms. The summed E-state index contributed by atoms with van der Waals surface area (Å²) >= 11 is 5.97. The van der Waals surface area contributed by atoms with Crippen LogP contribution in [-0.4, -0.2) is 10.9 Å². The van der Waals surface area contributed by atoms with Gasteiger partial charge in [0.1, 0.15) is 0 Å². The second-order valence-corrected chi connectivity index (χ2v) is 4.20. The number of aromatic nitrogens is 1. The molecule has 2 rings (SSSR count). The summed E-state index contributed by atoms with van der Waals surface area (Å²) in [5.74, 6) is -0.111. The first-order valence-electron chi connectivity index (χ1n) is 5.34. The molecule has 0 bridgehead atoms. The summed E-state index contributed by atoms with van der Waals surface area (Å²) in [5, 5.41) is 3.45. The molecule has 2 aromatic rings. The van der Waals surface area contributed by atoms with Gasteiger partial charge in [-0.2, -0.15) is 0 Å². The summed E-state index contributed by atoms with van der Waals surface area (Å²) in [4.78, 5) is 15.0. The molecule has 1 aromatic heterocycles. The minimum atomic E-state index is -0.111. The van der Waals surface area contributed by atoms with Gasteiger partial charge in [0.2, 0.25) is 0 Å². The van der Waals surface area contributed by atoms with Crippen molar-refractivity contribution in [2.45, 2.75) is 13.5 Å². The predicted molar refractivity (Wildman–Crippen MR) is 68.2 cm³/mol. The maximum atomic E-state index is 11.9. The van der Waals surface area contributed by atoms with Crippen LogP contribution in [-0.2, 0) is 6.54 Å². The molecule has 0 radical (unpaired) electrons. The predicted octanol–water partition coefficient (Wildman–Crippen LogP) is 2.91. The van der Waals surface area contributed by atoms with Gasteiger partial charge in [-0.1, -0.05) is 17.7 Å². The molecule has 0 aliphatic rings. The van der Waals surface area contributed by atoms with Gasteiger partial charge in [0, 0.05) is 22.5 Å². The van der Waals surface area contributed by atoms with Crippen molar-refractivity contribution in [2.24, 2.45) is 0 Å². The van der Waals surface area contributed by atoms with Crippen LogP contribution in [0.1, 0.15) is 21.6 Å². The smallest absolute Gasteiger partial charge is 0.251 e. The van der Waals surface area contributed by atoms with Crippen molar-refractivity contribution < 1.29 is 4.79 Å². The molecule has 0 aliphatic heterocycles. The zero-order valence-corrected chi connectivity index (χ0v) is 10.2. The number of carbonyl (C=O) groups is 1. The maximum Gasteiger partial charge on any atom is 0.251 e. The minimum absolute atomic E-state index is 0.111. The Kier molecular flexibility index (Phi) is 3.49. The van der Waals surface area contributed by atoms with E-state index < -0.39 is 0 Å². The zero-order chi connectivity index (χ0) is 12.3. The van der Waals surface area contributed by atoms with Gasteiger partial charge < -0.3 is 10.3 Å². The molecular formula is C13H13ClN2O. The highest BCUT2D eigenvalue weighted by Crippen LogP contribution is 2.18. The third kappa shape index (κ3) is 2.68. The summed E-state index contributed by atoms with van der Waals surface area (Å²) in [7, 11) is 0.